The molecule has 0 N–H and O–H groups in total. The van der Waals surface area contributed by atoms with Gasteiger partial charge in [0.15, 0.2) is 17.6 Å². The number of amides is 2. The van der Waals surface area contributed by atoms with Crippen LogP contribution in [-0.4, -0.2) is 38.2 Å². The standard InChI is InChI=1S/C30H32N2O6/c1-4-6-18-37-24-17-16-20(19-25(24)36-5-2)27-26-28(38-32(27)21-12-8-7-9-13-21)30(34)31(29(26)33)22-14-10-11-15-23(22)35-3/h7-17,19,26-28H,4-6,18H2,1-3H3/t26-,27+,28+/m1/s1. The highest BCUT2D eigenvalue weighted by Crippen LogP contribution is 2.49. The first-order valence-corrected chi connectivity index (χ1v) is 13.0. The van der Waals surface area contributed by atoms with Crippen molar-refractivity contribution in [3.8, 4) is 17.2 Å². The molecule has 0 radical (unpaired) electrons. The van der Waals surface area contributed by atoms with Gasteiger partial charge >= 0.3 is 0 Å². The number of ether oxygens (including phenoxy) is 3. The monoisotopic (exact) mass is 516 g/mol. The molecule has 0 aliphatic carbocycles. The molecule has 0 spiro atoms. The van der Waals surface area contributed by atoms with Gasteiger partial charge < -0.3 is 14.2 Å². The molecule has 2 aliphatic rings. The molecule has 0 saturated carbocycles. The number of unbranched alkanes of at least 4 members (excludes halogenated alkanes) is 1. The average Bonchev–Trinajstić information content (AvgIpc) is 3.45. The van der Waals surface area contributed by atoms with Crippen LogP contribution < -0.4 is 24.2 Å². The van der Waals surface area contributed by atoms with E-state index < -0.39 is 24.0 Å². The normalized spacial score (nSPS) is 20.6. The van der Waals surface area contributed by atoms with Crippen molar-refractivity contribution in [2.45, 2.75) is 38.8 Å². The number of rotatable bonds is 10. The van der Waals surface area contributed by atoms with E-state index >= 15 is 0 Å². The van der Waals surface area contributed by atoms with Gasteiger partial charge in [-0.3, -0.25) is 14.4 Å². The topological polar surface area (TPSA) is 77.5 Å². The predicted octanol–water partition coefficient (Wildman–Crippen LogP) is 5.32. The summed E-state index contributed by atoms with van der Waals surface area (Å²) in [6, 6.07) is 21.6. The van der Waals surface area contributed by atoms with Crippen LogP contribution in [0.3, 0.4) is 0 Å². The van der Waals surface area contributed by atoms with Crippen LogP contribution in [0, 0.1) is 5.92 Å². The fourth-order valence-electron chi connectivity index (χ4n) is 5.03. The summed E-state index contributed by atoms with van der Waals surface area (Å²) in [6.07, 6.45) is 0.980. The minimum atomic E-state index is -0.978. The quantitative estimate of drug-likeness (QED) is 0.266. The first-order chi connectivity index (χ1) is 18.6. The van der Waals surface area contributed by atoms with Crippen LogP contribution in [0.15, 0.2) is 72.8 Å². The number of carbonyl (C=O) groups is 2. The zero-order valence-electron chi connectivity index (χ0n) is 21.8. The summed E-state index contributed by atoms with van der Waals surface area (Å²) in [5, 5.41) is 1.67. The lowest BCUT2D eigenvalue weighted by Gasteiger charge is -2.29. The van der Waals surface area contributed by atoms with E-state index in [4.69, 9.17) is 19.0 Å². The smallest absolute Gasteiger partial charge is 0.266 e. The minimum Gasteiger partial charge on any atom is -0.495 e. The molecule has 0 unspecified atom stereocenters. The van der Waals surface area contributed by atoms with Gasteiger partial charge in [-0.1, -0.05) is 49.7 Å². The zero-order chi connectivity index (χ0) is 26.6. The Hall–Kier alpha value is -4.04. The SMILES string of the molecule is CCCCOc1ccc([C@H]2[C@H]3C(=O)N(c4ccccc4OC)C(=O)[C@H]3ON2c2ccccc2)cc1OCC. The maximum Gasteiger partial charge on any atom is 0.266 e. The molecule has 3 aromatic rings. The highest BCUT2D eigenvalue weighted by atomic mass is 16.7. The Kier molecular flexibility index (Phi) is 7.51. The summed E-state index contributed by atoms with van der Waals surface area (Å²) < 4.78 is 17.3. The van der Waals surface area contributed by atoms with E-state index in [1.54, 1.807) is 29.3 Å². The molecule has 38 heavy (non-hydrogen) atoms. The van der Waals surface area contributed by atoms with Crippen LogP contribution >= 0.6 is 0 Å². The van der Waals surface area contributed by atoms with Gasteiger partial charge in [0.25, 0.3) is 5.91 Å². The maximum atomic E-state index is 14.0. The summed E-state index contributed by atoms with van der Waals surface area (Å²) >= 11 is 0. The van der Waals surface area contributed by atoms with Crippen molar-refractivity contribution in [2.24, 2.45) is 5.92 Å². The van der Waals surface area contributed by atoms with E-state index in [-0.39, 0.29) is 5.91 Å². The second-order valence-electron chi connectivity index (χ2n) is 9.18. The van der Waals surface area contributed by atoms with Crippen LogP contribution in [0.4, 0.5) is 11.4 Å². The summed E-state index contributed by atoms with van der Waals surface area (Å²) in [7, 11) is 1.51. The number of nitrogens with zero attached hydrogens (tertiary/aromatic N) is 2. The highest BCUT2D eigenvalue weighted by molar-refractivity contribution is 6.24. The van der Waals surface area contributed by atoms with Crippen molar-refractivity contribution in [1.82, 2.24) is 0 Å². The third-order valence-electron chi connectivity index (χ3n) is 6.82. The Morgan fingerprint density at radius 1 is 0.842 bits per heavy atom. The number of imide groups is 1. The van der Waals surface area contributed by atoms with Gasteiger partial charge in [-0.25, -0.2) is 9.96 Å². The van der Waals surface area contributed by atoms with Gasteiger partial charge in [-0.05, 0) is 55.3 Å². The molecule has 3 atom stereocenters. The van der Waals surface area contributed by atoms with Crippen molar-refractivity contribution < 1.29 is 28.6 Å². The molecule has 2 fully saturated rings. The number of para-hydroxylation sites is 3. The predicted molar refractivity (Wildman–Crippen MR) is 144 cm³/mol. The Bertz CT molecular complexity index is 1300. The molecule has 8 nitrogen and oxygen atoms in total. The fraction of sp³-hybridized carbons (Fsp3) is 0.333. The van der Waals surface area contributed by atoms with E-state index in [0.29, 0.717) is 36.1 Å². The van der Waals surface area contributed by atoms with E-state index in [2.05, 4.69) is 6.92 Å². The van der Waals surface area contributed by atoms with E-state index in [1.807, 2.05) is 55.5 Å². The molecular weight excluding hydrogens is 484 g/mol. The van der Waals surface area contributed by atoms with Crippen LogP contribution in [-0.2, 0) is 14.4 Å². The first kappa shape index (κ1) is 25.6. The molecule has 0 aromatic heterocycles. The Labute approximate surface area is 222 Å². The second-order valence-corrected chi connectivity index (χ2v) is 9.18. The largest absolute Gasteiger partial charge is 0.495 e. The number of carbonyl (C=O) groups excluding carboxylic acids is 2. The fourth-order valence-corrected chi connectivity index (χ4v) is 5.03. The minimum absolute atomic E-state index is 0.339. The number of methoxy groups -OCH3 is 1. The van der Waals surface area contributed by atoms with Gasteiger partial charge in [0, 0.05) is 0 Å². The van der Waals surface area contributed by atoms with Crippen molar-refractivity contribution in [1.29, 1.82) is 0 Å². The maximum absolute atomic E-state index is 14.0. The van der Waals surface area contributed by atoms with Gasteiger partial charge in [0.1, 0.15) is 11.7 Å². The second kappa shape index (κ2) is 11.1. The average molecular weight is 517 g/mol. The van der Waals surface area contributed by atoms with Crippen molar-refractivity contribution >= 4 is 23.2 Å². The third kappa shape index (κ3) is 4.56. The molecule has 5 rings (SSSR count). The molecule has 2 heterocycles. The molecule has 0 bridgehead atoms. The number of hydrogen-bond acceptors (Lipinski definition) is 7. The molecule has 8 heteroatoms. The highest BCUT2D eigenvalue weighted by Gasteiger charge is 2.60. The summed E-state index contributed by atoms with van der Waals surface area (Å²) in [6.45, 7) is 5.07. The van der Waals surface area contributed by atoms with Crippen LogP contribution in [0.2, 0.25) is 0 Å². The first-order valence-electron chi connectivity index (χ1n) is 13.0. The summed E-state index contributed by atoms with van der Waals surface area (Å²) in [5.41, 5.74) is 1.94. The lowest BCUT2D eigenvalue weighted by molar-refractivity contribution is -0.126. The van der Waals surface area contributed by atoms with Gasteiger partial charge in [-0.15, -0.1) is 0 Å². The Balaban J connectivity index is 1.56. The number of fused-ring (bicyclic) bond motifs is 1. The van der Waals surface area contributed by atoms with Crippen LogP contribution in [0.25, 0.3) is 0 Å². The van der Waals surface area contributed by atoms with Crippen molar-refractivity contribution in [2.75, 3.05) is 30.3 Å². The number of benzene rings is 3. The number of hydroxylamine groups is 1. The lowest BCUT2D eigenvalue weighted by Crippen LogP contribution is -2.37. The van der Waals surface area contributed by atoms with E-state index in [0.717, 1.165) is 24.1 Å². The number of hydrogen-bond donors (Lipinski definition) is 0. The molecule has 2 amide bonds. The molecule has 3 aromatic carbocycles. The van der Waals surface area contributed by atoms with Crippen molar-refractivity contribution in [3.05, 3.63) is 78.4 Å². The zero-order valence-corrected chi connectivity index (χ0v) is 21.8. The molecule has 198 valence electrons. The Morgan fingerprint density at radius 2 is 1.61 bits per heavy atom. The van der Waals surface area contributed by atoms with Crippen molar-refractivity contribution in [3.63, 3.8) is 0 Å². The Morgan fingerprint density at radius 3 is 2.34 bits per heavy atom. The summed E-state index contributed by atoms with van der Waals surface area (Å²) in [5.74, 6) is 0.157. The third-order valence-corrected chi connectivity index (χ3v) is 6.82. The molecular formula is C30H32N2O6. The van der Waals surface area contributed by atoms with Gasteiger partial charge in [0.2, 0.25) is 5.91 Å². The van der Waals surface area contributed by atoms with Crippen LogP contribution in [0.1, 0.15) is 38.3 Å². The molecule has 2 aliphatic heterocycles. The number of anilines is 2. The summed E-state index contributed by atoms with van der Waals surface area (Å²) in [4.78, 5) is 35.1. The van der Waals surface area contributed by atoms with Gasteiger partial charge in [-0.2, -0.15) is 0 Å². The van der Waals surface area contributed by atoms with E-state index in [1.165, 1.54) is 12.0 Å². The molecule has 2 saturated heterocycles. The van der Waals surface area contributed by atoms with Crippen LogP contribution in [0.5, 0.6) is 17.2 Å². The van der Waals surface area contributed by atoms with E-state index in [9.17, 15) is 9.59 Å². The van der Waals surface area contributed by atoms with Gasteiger partial charge in [0.05, 0.1) is 37.7 Å². The lowest BCUT2D eigenvalue weighted by atomic mass is 9.90.